The minimum Gasteiger partial charge on any atom is -0.490 e. The van der Waals surface area contributed by atoms with Gasteiger partial charge < -0.3 is 19.5 Å². The smallest absolute Gasteiger partial charge is 0.306 e. The molecule has 0 aliphatic rings. The number of hydrogen-bond donors (Lipinski definition) is 1. The number of carbonyl (C=O) groups is 2. The fraction of sp³-hybridized carbons (Fsp3) is 0.364. The third-order valence-electron chi connectivity index (χ3n) is 4.03. The molecule has 0 unspecified atom stereocenters. The summed E-state index contributed by atoms with van der Waals surface area (Å²) < 4.78 is 16.1. The molecule has 6 nitrogen and oxygen atoms in total. The normalized spacial score (nSPS) is 11.4. The van der Waals surface area contributed by atoms with Crippen LogP contribution >= 0.6 is 0 Å². The zero-order valence-electron chi connectivity index (χ0n) is 16.6. The van der Waals surface area contributed by atoms with Crippen LogP contribution in [0.15, 0.2) is 48.5 Å². The van der Waals surface area contributed by atoms with Crippen molar-refractivity contribution in [3.8, 4) is 11.5 Å². The fourth-order valence-corrected chi connectivity index (χ4v) is 2.68. The lowest BCUT2D eigenvalue weighted by Crippen LogP contribution is -2.21. The molecule has 150 valence electrons. The Labute approximate surface area is 165 Å². The topological polar surface area (TPSA) is 73.9 Å². The zero-order chi connectivity index (χ0) is 20.4. The summed E-state index contributed by atoms with van der Waals surface area (Å²) in [5.74, 6) is 0.372. The van der Waals surface area contributed by atoms with Gasteiger partial charge in [-0.25, -0.2) is 0 Å². The molecule has 6 heteroatoms. The standard InChI is InChI=1S/C22H27NO5/c1-4-26-19-12-11-18(14-20(19)27-5-2)23-21(24)15-28-22(25)13-16(3)17-9-7-6-8-10-17/h6-12,14,16H,4-5,13,15H2,1-3H3,(H,23,24)/t16-/m1/s1. The first-order chi connectivity index (χ1) is 13.5. The summed E-state index contributed by atoms with van der Waals surface area (Å²) in [4.78, 5) is 24.1. The molecule has 2 aromatic carbocycles. The van der Waals surface area contributed by atoms with Crippen molar-refractivity contribution in [2.75, 3.05) is 25.1 Å². The van der Waals surface area contributed by atoms with E-state index in [9.17, 15) is 9.59 Å². The zero-order valence-corrected chi connectivity index (χ0v) is 16.6. The van der Waals surface area contributed by atoms with Gasteiger partial charge >= 0.3 is 5.97 Å². The molecule has 2 aromatic rings. The van der Waals surface area contributed by atoms with E-state index >= 15 is 0 Å². The summed E-state index contributed by atoms with van der Waals surface area (Å²) in [6.45, 7) is 6.37. The van der Waals surface area contributed by atoms with E-state index in [1.165, 1.54) is 0 Å². The molecule has 0 bridgehead atoms. The van der Waals surface area contributed by atoms with Gasteiger partial charge in [-0.3, -0.25) is 9.59 Å². The second-order valence-corrected chi connectivity index (χ2v) is 6.25. The van der Waals surface area contributed by atoms with Crippen LogP contribution in [0.2, 0.25) is 0 Å². The second-order valence-electron chi connectivity index (χ2n) is 6.25. The van der Waals surface area contributed by atoms with Gasteiger partial charge in [-0.2, -0.15) is 0 Å². The predicted molar refractivity (Wildman–Crippen MR) is 108 cm³/mol. The Kier molecular flexibility index (Phi) is 8.34. The number of rotatable bonds is 10. The van der Waals surface area contributed by atoms with Gasteiger partial charge in [0, 0.05) is 11.8 Å². The molecule has 1 atom stereocenters. The Morgan fingerprint density at radius 3 is 2.32 bits per heavy atom. The highest BCUT2D eigenvalue weighted by atomic mass is 16.5. The maximum absolute atomic E-state index is 12.1. The summed E-state index contributed by atoms with van der Waals surface area (Å²) in [5, 5.41) is 2.70. The minimum atomic E-state index is -0.410. The molecule has 0 aliphatic carbocycles. The third kappa shape index (κ3) is 6.61. The highest BCUT2D eigenvalue weighted by Crippen LogP contribution is 2.30. The van der Waals surface area contributed by atoms with E-state index in [2.05, 4.69) is 5.32 Å². The lowest BCUT2D eigenvalue weighted by atomic mass is 9.98. The van der Waals surface area contributed by atoms with Crippen LogP contribution in [0.4, 0.5) is 5.69 Å². The van der Waals surface area contributed by atoms with Gasteiger partial charge in [0.05, 0.1) is 19.6 Å². The van der Waals surface area contributed by atoms with E-state index in [-0.39, 0.29) is 18.9 Å². The van der Waals surface area contributed by atoms with Crippen molar-refractivity contribution in [3.63, 3.8) is 0 Å². The molecule has 0 aliphatic heterocycles. The van der Waals surface area contributed by atoms with Crippen molar-refractivity contribution in [1.82, 2.24) is 0 Å². The van der Waals surface area contributed by atoms with E-state index in [0.29, 0.717) is 30.4 Å². The molecule has 0 aromatic heterocycles. The molecule has 0 heterocycles. The van der Waals surface area contributed by atoms with Crippen LogP contribution < -0.4 is 14.8 Å². The van der Waals surface area contributed by atoms with E-state index < -0.39 is 11.9 Å². The third-order valence-corrected chi connectivity index (χ3v) is 4.03. The fourth-order valence-electron chi connectivity index (χ4n) is 2.68. The number of esters is 1. The highest BCUT2D eigenvalue weighted by Gasteiger charge is 2.14. The Morgan fingerprint density at radius 2 is 1.64 bits per heavy atom. The van der Waals surface area contributed by atoms with Gasteiger partial charge in [-0.1, -0.05) is 37.3 Å². The average Bonchev–Trinajstić information content (AvgIpc) is 2.69. The van der Waals surface area contributed by atoms with Crippen LogP contribution in [0.5, 0.6) is 11.5 Å². The van der Waals surface area contributed by atoms with E-state index in [1.54, 1.807) is 18.2 Å². The Balaban J connectivity index is 1.84. The maximum atomic E-state index is 12.1. The molecule has 0 fully saturated rings. The van der Waals surface area contributed by atoms with Crippen molar-refractivity contribution < 1.29 is 23.8 Å². The molecule has 0 saturated carbocycles. The van der Waals surface area contributed by atoms with Crippen molar-refractivity contribution in [2.24, 2.45) is 0 Å². The maximum Gasteiger partial charge on any atom is 0.306 e. The molecule has 0 radical (unpaired) electrons. The first kappa shape index (κ1) is 21.3. The highest BCUT2D eigenvalue weighted by molar-refractivity contribution is 5.93. The molecule has 2 rings (SSSR count). The van der Waals surface area contributed by atoms with Crippen molar-refractivity contribution in [1.29, 1.82) is 0 Å². The number of benzene rings is 2. The van der Waals surface area contributed by atoms with Gasteiger partial charge in [0.15, 0.2) is 18.1 Å². The van der Waals surface area contributed by atoms with E-state index in [4.69, 9.17) is 14.2 Å². The summed E-state index contributed by atoms with van der Waals surface area (Å²) >= 11 is 0. The molecule has 28 heavy (non-hydrogen) atoms. The van der Waals surface area contributed by atoms with Crippen LogP contribution in [0, 0.1) is 0 Å². The Bertz CT molecular complexity index is 776. The summed E-state index contributed by atoms with van der Waals surface area (Å²) in [6.07, 6.45) is 0.217. The van der Waals surface area contributed by atoms with Gasteiger partial charge in [0.2, 0.25) is 0 Å². The number of hydrogen-bond acceptors (Lipinski definition) is 5. The monoisotopic (exact) mass is 385 g/mol. The molecule has 1 amide bonds. The number of carbonyl (C=O) groups excluding carboxylic acids is 2. The van der Waals surface area contributed by atoms with Crippen molar-refractivity contribution in [2.45, 2.75) is 33.1 Å². The van der Waals surface area contributed by atoms with Gasteiger partial charge in [-0.15, -0.1) is 0 Å². The number of nitrogens with one attached hydrogen (secondary N) is 1. The quantitative estimate of drug-likeness (QED) is 0.622. The molecule has 1 N–H and O–H groups in total. The van der Waals surface area contributed by atoms with Crippen LogP contribution in [0.25, 0.3) is 0 Å². The van der Waals surface area contributed by atoms with Crippen LogP contribution in [0.3, 0.4) is 0 Å². The number of anilines is 1. The first-order valence-corrected chi connectivity index (χ1v) is 9.43. The van der Waals surface area contributed by atoms with Crippen LogP contribution in [-0.2, 0) is 14.3 Å². The average molecular weight is 385 g/mol. The second kappa shape index (κ2) is 11.0. The van der Waals surface area contributed by atoms with Crippen molar-refractivity contribution in [3.05, 3.63) is 54.1 Å². The van der Waals surface area contributed by atoms with E-state index in [0.717, 1.165) is 5.56 Å². The molecule has 0 saturated heterocycles. The first-order valence-electron chi connectivity index (χ1n) is 9.43. The molecule has 0 spiro atoms. The van der Waals surface area contributed by atoms with E-state index in [1.807, 2.05) is 51.1 Å². The summed E-state index contributed by atoms with van der Waals surface area (Å²) in [7, 11) is 0. The SMILES string of the molecule is CCOc1ccc(NC(=O)COC(=O)C[C@@H](C)c2ccccc2)cc1OCC. The summed E-state index contributed by atoms with van der Waals surface area (Å²) in [5.41, 5.74) is 1.60. The minimum absolute atomic E-state index is 0.0247. The van der Waals surface area contributed by atoms with Crippen molar-refractivity contribution >= 4 is 17.6 Å². The lowest BCUT2D eigenvalue weighted by Gasteiger charge is -2.13. The number of ether oxygens (including phenoxy) is 3. The van der Waals surface area contributed by atoms with Gasteiger partial charge in [0.1, 0.15) is 0 Å². The van der Waals surface area contributed by atoms with Gasteiger partial charge in [-0.05, 0) is 37.5 Å². The molecular weight excluding hydrogens is 358 g/mol. The number of amides is 1. The predicted octanol–water partition coefficient (Wildman–Crippen LogP) is 4.16. The largest absolute Gasteiger partial charge is 0.490 e. The van der Waals surface area contributed by atoms with Gasteiger partial charge in [0.25, 0.3) is 5.91 Å². The molecular formula is C22H27NO5. The van der Waals surface area contributed by atoms with Crippen LogP contribution in [-0.4, -0.2) is 31.7 Å². The Morgan fingerprint density at radius 1 is 0.964 bits per heavy atom. The summed E-state index contributed by atoms with van der Waals surface area (Å²) in [6, 6.07) is 14.8. The Hall–Kier alpha value is -3.02. The van der Waals surface area contributed by atoms with Crippen LogP contribution in [0.1, 0.15) is 38.7 Å². The lowest BCUT2D eigenvalue weighted by molar-refractivity contribution is -0.147.